The Labute approximate surface area is 70.8 Å². The van der Waals surface area contributed by atoms with E-state index in [2.05, 4.69) is 39.6 Å². The predicted molar refractivity (Wildman–Crippen MR) is 44.3 cm³/mol. The summed E-state index contributed by atoms with van der Waals surface area (Å²) in [7, 11) is 0. The van der Waals surface area contributed by atoms with E-state index in [1.807, 2.05) is 0 Å². The van der Waals surface area contributed by atoms with Crippen LogP contribution in [-0.4, -0.2) is 5.28 Å². The lowest BCUT2D eigenvalue weighted by molar-refractivity contribution is 1.27. The van der Waals surface area contributed by atoms with Crippen molar-refractivity contribution >= 4 is 15.9 Å². The maximum absolute atomic E-state index is 7.24. The van der Waals surface area contributed by atoms with E-state index in [1.165, 1.54) is 0 Å². The molecule has 9 heavy (non-hydrogen) atoms. The van der Waals surface area contributed by atoms with Crippen LogP contribution in [0, 0.1) is 23.7 Å². The Morgan fingerprint density at radius 2 is 2.00 bits per heavy atom. The van der Waals surface area contributed by atoms with E-state index in [9.17, 15) is 0 Å². The van der Waals surface area contributed by atoms with Crippen molar-refractivity contribution in [1.82, 2.24) is 0 Å². The third-order valence-electron chi connectivity index (χ3n) is 0.500. The molecule has 0 fully saturated rings. The highest BCUT2D eigenvalue weighted by molar-refractivity contribution is 9.09. The van der Waals surface area contributed by atoms with Gasteiger partial charge in [0, 0.05) is 6.42 Å². The van der Waals surface area contributed by atoms with Crippen molar-refractivity contribution in [2.75, 3.05) is 5.28 Å². The third-order valence-corrected chi connectivity index (χ3v) is 0.698. The topological polar surface area (TPSA) is 0 Å². The van der Waals surface area contributed by atoms with Crippen LogP contribution in [0.4, 0.5) is 0 Å². The summed E-state index contributed by atoms with van der Waals surface area (Å²) >= 11 is 2.64. The van der Waals surface area contributed by atoms with Gasteiger partial charge in [-0.25, -0.2) is 0 Å². The molecule has 0 saturated heterocycles. The first-order valence-corrected chi connectivity index (χ1v) is 3.29. The number of hydrogen-bond acceptors (Lipinski definition) is 0. The molecule has 0 aromatic rings. The van der Waals surface area contributed by atoms with Crippen LogP contribution < -0.4 is 0 Å². The summed E-state index contributed by atoms with van der Waals surface area (Å²) in [5.74, 6) is 9.08. The van der Waals surface area contributed by atoms with Crippen LogP contribution in [0.3, 0.4) is 0 Å². The molecule has 0 aliphatic carbocycles. The molecule has 0 amide bonds. The summed E-state index contributed by atoms with van der Waals surface area (Å²) in [6.07, 6.45) is -1.38. The fourth-order valence-corrected chi connectivity index (χ4v) is 0.318. The average molecular weight is 189 g/mol. The fourth-order valence-electron chi connectivity index (χ4n) is 0.219. The Morgan fingerprint density at radius 1 is 1.33 bits per heavy atom. The molecule has 0 aliphatic rings. The van der Waals surface area contributed by atoms with Gasteiger partial charge in [-0.1, -0.05) is 40.6 Å². The van der Waals surface area contributed by atoms with Crippen LogP contribution in [0.15, 0.2) is 0 Å². The number of alkyl halides is 1. The van der Waals surface area contributed by atoms with Crippen molar-refractivity contribution in [1.29, 1.82) is 0 Å². The van der Waals surface area contributed by atoms with Crippen molar-refractivity contribution in [3.63, 3.8) is 0 Å². The molecule has 0 radical (unpaired) electrons. The second-order valence-corrected chi connectivity index (χ2v) is 1.52. The molecular formula is C8H9Br. The van der Waals surface area contributed by atoms with Gasteiger partial charge in [0.05, 0.1) is 17.1 Å². The Balaban J connectivity index is 4.56. The van der Waals surface area contributed by atoms with Gasteiger partial charge in [-0.2, -0.15) is 0 Å². The van der Waals surface area contributed by atoms with Crippen LogP contribution in [0.25, 0.3) is 0 Å². The summed E-state index contributed by atoms with van der Waals surface area (Å²) in [5.41, 5.74) is 0. The molecule has 0 bridgehead atoms. The van der Waals surface area contributed by atoms with E-state index in [0.29, 0.717) is 6.42 Å². The maximum atomic E-state index is 7.24. The smallest absolute Gasteiger partial charge is 0.0702 e. The zero-order valence-electron chi connectivity index (χ0n) is 9.09. The van der Waals surface area contributed by atoms with Gasteiger partial charge in [0.2, 0.25) is 0 Å². The van der Waals surface area contributed by atoms with Crippen LogP contribution in [-0.2, 0) is 0 Å². The van der Waals surface area contributed by atoms with E-state index in [4.69, 9.17) is 5.48 Å². The second-order valence-electron chi connectivity index (χ2n) is 1.12. The molecule has 48 valence electrons. The summed E-state index contributed by atoms with van der Waals surface area (Å²) in [6, 6.07) is 0. The Kier molecular flexibility index (Phi) is 3.12. The summed E-state index contributed by atoms with van der Waals surface area (Å²) in [5, 5.41) is -1.85. The minimum atomic E-state index is -1.93. The molecular weight excluding hydrogens is 176 g/mol. The van der Waals surface area contributed by atoms with Crippen molar-refractivity contribution in [3.8, 4) is 23.7 Å². The van der Waals surface area contributed by atoms with Gasteiger partial charge in [0.1, 0.15) is 0 Å². The first kappa shape index (κ1) is 3.69. The van der Waals surface area contributed by atoms with Crippen LogP contribution in [0.2, 0.25) is 0 Å². The second kappa shape index (κ2) is 7.60. The van der Waals surface area contributed by atoms with Crippen molar-refractivity contribution < 1.29 is 5.48 Å². The SMILES string of the molecule is [2H]C([2H])(Br)C#CC([2H])([2H])C#CCC. The van der Waals surface area contributed by atoms with Crippen LogP contribution in [0.5, 0.6) is 0 Å². The van der Waals surface area contributed by atoms with Crippen LogP contribution >= 0.6 is 15.9 Å². The number of rotatable bonds is 0. The molecule has 0 N–H and O–H groups in total. The average Bonchev–Trinajstić information content (AvgIpc) is 1.97. The van der Waals surface area contributed by atoms with Gasteiger partial charge in [0.25, 0.3) is 0 Å². The van der Waals surface area contributed by atoms with E-state index in [1.54, 1.807) is 6.92 Å². The molecule has 0 atom stereocenters. The first-order chi connectivity index (χ1) is 5.77. The molecule has 0 spiro atoms. The van der Waals surface area contributed by atoms with Crippen molar-refractivity contribution in [2.24, 2.45) is 0 Å². The van der Waals surface area contributed by atoms with Gasteiger partial charge in [-0.15, -0.1) is 5.92 Å². The monoisotopic (exact) mass is 188 g/mol. The Morgan fingerprint density at radius 3 is 2.56 bits per heavy atom. The maximum Gasteiger partial charge on any atom is 0.0702 e. The number of hydrogen-bond donors (Lipinski definition) is 0. The van der Waals surface area contributed by atoms with E-state index in [-0.39, 0.29) is 0 Å². The third kappa shape index (κ3) is 7.60. The molecule has 0 rings (SSSR count). The minimum Gasteiger partial charge on any atom is -0.103 e. The zero-order valence-corrected chi connectivity index (χ0v) is 6.67. The minimum absolute atomic E-state index is 0.558. The standard InChI is InChI=1S/C8H9Br/c1-2-3-4-5-6-7-8-9/h2,5,8H2,1H3/i5D2,8D2. The summed E-state index contributed by atoms with van der Waals surface area (Å²) < 4.78 is 28.5. The molecule has 0 nitrogen and oxygen atoms in total. The fraction of sp³-hybridized carbons (Fsp3) is 0.500. The highest BCUT2D eigenvalue weighted by Gasteiger charge is 1.64. The normalized spacial score (nSPS) is 16.2. The Hall–Kier alpha value is -0.400. The highest BCUT2D eigenvalue weighted by Crippen LogP contribution is 1.76. The van der Waals surface area contributed by atoms with Gasteiger partial charge in [-0.05, 0) is 0 Å². The lowest BCUT2D eigenvalue weighted by Gasteiger charge is -1.70. The van der Waals surface area contributed by atoms with Gasteiger partial charge >= 0.3 is 0 Å². The molecule has 0 heterocycles. The Bertz CT molecular complexity index is 281. The molecule has 0 aliphatic heterocycles. The summed E-state index contributed by atoms with van der Waals surface area (Å²) in [6.45, 7) is 1.81. The van der Waals surface area contributed by atoms with Gasteiger partial charge < -0.3 is 0 Å². The van der Waals surface area contributed by atoms with E-state index in [0.717, 1.165) is 0 Å². The van der Waals surface area contributed by atoms with Crippen LogP contribution in [0.1, 0.15) is 25.2 Å². The lowest BCUT2D eigenvalue weighted by atomic mass is 10.4. The molecule has 0 unspecified atom stereocenters. The first-order valence-electron chi connectivity index (χ1n) is 4.50. The van der Waals surface area contributed by atoms with E-state index < -0.39 is 11.7 Å². The molecule has 0 aromatic heterocycles. The molecule has 0 aromatic carbocycles. The van der Waals surface area contributed by atoms with Gasteiger partial charge in [0.15, 0.2) is 0 Å². The predicted octanol–water partition coefficient (Wildman–Crippen LogP) is 2.19. The zero-order chi connectivity index (χ0) is 10.5. The van der Waals surface area contributed by atoms with Gasteiger partial charge in [-0.3, -0.25) is 0 Å². The van der Waals surface area contributed by atoms with E-state index >= 15 is 0 Å². The number of halogens is 1. The molecule has 1 heteroatoms. The largest absolute Gasteiger partial charge is 0.103 e. The quantitative estimate of drug-likeness (QED) is 0.404. The van der Waals surface area contributed by atoms with Crippen molar-refractivity contribution in [3.05, 3.63) is 0 Å². The van der Waals surface area contributed by atoms with Crippen molar-refractivity contribution in [2.45, 2.75) is 19.7 Å². The lowest BCUT2D eigenvalue weighted by Crippen LogP contribution is -1.62. The highest BCUT2D eigenvalue weighted by atomic mass is 79.9. The molecule has 0 saturated carbocycles. The summed E-state index contributed by atoms with van der Waals surface area (Å²) in [4.78, 5) is 0.